The highest BCUT2D eigenvalue weighted by Gasteiger charge is 2.32. The zero-order chi connectivity index (χ0) is 18.1. The van der Waals surface area contributed by atoms with E-state index >= 15 is 0 Å². The summed E-state index contributed by atoms with van der Waals surface area (Å²) in [6.45, 7) is 0.560. The number of carbonyl (C=O) groups is 1. The molecule has 0 aliphatic heterocycles. The van der Waals surface area contributed by atoms with Crippen molar-refractivity contribution in [2.24, 2.45) is 0 Å². The van der Waals surface area contributed by atoms with Crippen LogP contribution in [0.4, 0.5) is 22.0 Å². The number of carboxylic acids is 1. The van der Waals surface area contributed by atoms with Crippen LogP contribution < -0.4 is 4.74 Å². The van der Waals surface area contributed by atoms with E-state index in [1.54, 1.807) is 0 Å². The van der Waals surface area contributed by atoms with Gasteiger partial charge in [0.1, 0.15) is 5.75 Å². The minimum absolute atomic E-state index is 0.191. The number of nitrogens with zero attached hydrogens (tertiary/aromatic N) is 1. The summed E-state index contributed by atoms with van der Waals surface area (Å²) in [7, 11) is 0. The van der Waals surface area contributed by atoms with E-state index in [-0.39, 0.29) is 5.75 Å². The molecule has 2 aromatic rings. The first-order valence-corrected chi connectivity index (χ1v) is 6.46. The Hall–Kier alpha value is -2.71. The number of alkyl halides is 5. The van der Waals surface area contributed by atoms with Gasteiger partial charge in [-0.1, -0.05) is 0 Å². The second kappa shape index (κ2) is 6.06. The van der Waals surface area contributed by atoms with Crippen LogP contribution in [-0.4, -0.2) is 16.1 Å². The molecular weight excluding hydrogens is 337 g/mol. The maximum atomic E-state index is 13.6. The number of benzene rings is 1. The highest BCUT2D eigenvalue weighted by atomic mass is 19.4. The largest absolute Gasteiger partial charge is 0.477 e. The van der Waals surface area contributed by atoms with E-state index in [1.165, 1.54) is 0 Å². The molecular formula is C15H10F5NO3. The Balaban J connectivity index is 2.40. The first-order chi connectivity index (χ1) is 11.0. The van der Waals surface area contributed by atoms with E-state index in [1.807, 2.05) is 0 Å². The summed E-state index contributed by atoms with van der Waals surface area (Å²) < 4.78 is 69.7. The quantitative estimate of drug-likeness (QED) is 0.815. The standard InChI is InChI=1S/C15H10F5NO3/c1-14(16,17)10-6-7-11(13(22)23)21-12(10)24-9-4-2-8(3-5-9)15(18,19)20/h2-7H,1H3,(H,22,23). The van der Waals surface area contributed by atoms with Crippen LogP contribution in [0.2, 0.25) is 0 Å². The zero-order valence-corrected chi connectivity index (χ0v) is 12.1. The van der Waals surface area contributed by atoms with E-state index in [0.717, 1.165) is 24.3 Å². The fraction of sp³-hybridized carbons (Fsp3) is 0.200. The van der Waals surface area contributed by atoms with Gasteiger partial charge < -0.3 is 9.84 Å². The predicted molar refractivity (Wildman–Crippen MR) is 72.3 cm³/mol. The van der Waals surface area contributed by atoms with Gasteiger partial charge in [-0.15, -0.1) is 0 Å². The van der Waals surface area contributed by atoms with Crippen LogP contribution >= 0.6 is 0 Å². The molecule has 0 amide bonds. The molecule has 0 saturated carbocycles. The molecule has 0 unspecified atom stereocenters. The van der Waals surface area contributed by atoms with E-state index in [4.69, 9.17) is 9.84 Å². The summed E-state index contributed by atoms with van der Waals surface area (Å²) >= 11 is 0. The Kier molecular flexibility index (Phi) is 4.46. The summed E-state index contributed by atoms with van der Waals surface area (Å²) in [6.07, 6.45) is -4.55. The fourth-order valence-corrected chi connectivity index (χ4v) is 1.80. The molecule has 0 saturated heterocycles. The Morgan fingerprint density at radius 1 is 1.04 bits per heavy atom. The Morgan fingerprint density at radius 2 is 1.62 bits per heavy atom. The van der Waals surface area contributed by atoms with Gasteiger partial charge in [-0.25, -0.2) is 18.6 Å². The van der Waals surface area contributed by atoms with Crippen molar-refractivity contribution in [2.45, 2.75) is 19.0 Å². The van der Waals surface area contributed by atoms with Gasteiger partial charge in [0.15, 0.2) is 5.69 Å². The maximum Gasteiger partial charge on any atom is 0.416 e. The van der Waals surface area contributed by atoms with E-state index < -0.39 is 40.8 Å². The lowest BCUT2D eigenvalue weighted by molar-refractivity contribution is -0.137. The van der Waals surface area contributed by atoms with Crippen molar-refractivity contribution in [3.05, 3.63) is 53.2 Å². The summed E-state index contributed by atoms with van der Waals surface area (Å²) in [5.74, 6) is -5.73. The third-order valence-corrected chi connectivity index (χ3v) is 2.95. The molecule has 0 radical (unpaired) electrons. The molecule has 2 rings (SSSR count). The van der Waals surface area contributed by atoms with Crippen LogP contribution in [0.1, 0.15) is 28.5 Å². The van der Waals surface area contributed by atoms with Crippen molar-refractivity contribution in [1.29, 1.82) is 0 Å². The van der Waals surface area contributed by atoms with Gasteiger partial charge in [0.2, 0.25) is 5.88 Å². The average molecular weight is 347 g/mol. The smallest absolute Gasteiger partial charge is 0.416 e. The molecule has 0 fully saturated rings. The number of ether oxygens (including phenoxy) is 1. The fourth-order valence-electron chi connectivity index (χ4n) is 1.80. The van der Waals surface area contributed by atoms with Gasteiger partial charge in [-0.2, -0.15) is 13.2 Å². The van der Waals surface area contributed by atoms with Crippen molar-refractivity contribution in [2.75, 3.05) is 0 Å². The van der Waals surface area contributed by atoms with Gasteiger partial charge in [0, 0.05) is 6.92 Å². The van der Waals surface area contributed by atoms with Crippen molar-refractivity contribution in [3.8, 4) is 11.6 Å². The molecule has 1 heterocycles. The Bertz CT molecular complexity index is 751. The Morgan fingerprint density at radius 3 is 2.08 bits per heavy atom. The Labute approximate surface area is 132 Å². The summed E-state index contributed by atoms with van der Waals surface area (Å²) in [5, 5.41) is 8.86. The van der Waals surface area contributed by atoms with Crippen LogP contribution in [0.5, 0.6) is 11.6 Å². The molecule has 0 bridgehead atoms. The van der Waals surface area contributed by atoms with Crippen LogP contribution in [0.25, 0.3) is 0 Å². The zero-order valence-electron chi connectivity index (χ0n) is 12.1. The van der Waals surface area contributed by atoms with Crippen LogP contribution in [0, 0.1) is 0 Å². The molecule has 4 nitrogen and oxygen atoms in total. The number of hydrogen-bond acceptors (Lipinski definition) is 3. The SMILES string of the molecule is CC(F)(F)c1ccc(C(=O)O)nc1Oc1ccc(C(F)(F)F)cc1. The van der Waals surface area contributed by atoms with Crippen LogP contribution in [-0.2, 0) is 12.1 Å². The molecule has 0 spiro atoms. The highest BCUT2D eigenvalue weighted by Crippen LogP contribution is 2.36. The molecule has 9 heteroatoms. The van der Waals surface area contributed by atoms with Crippen molar-refractivity contribution < 1.29 is 36.6 Å². The van der Waals surface area contributed by atoms with E-state index in [9.17, 15) is 26.7 Å². The summed E-state index contributed by atoms with van der Waals surface area (Å²) in [6, 6.07) is 5.00. The second-order valence-corrected chi connectivity index (χ2v) is 4.87. The van der Waals surface area contributed by atoms with Crippen molar-refractivity contribution in [3.63, 3.8) is 0 Å². The van der Waals surface area contributed by atoms with Crippen LogP contribution in [0.3, 0.4) is 0 Å². The first-order valence-electron chi connectivity index (χ1n) is 6.46. The number of pyridine rings is 1. The molecule has 128 valence electrons. The first kappa shape index (κ1) is 17.6. The van der Waals surface area contributed by atoms with E-state index in [2.05, 4.69) is 4.98 Å². The van der Waals surface area contributed by atoms with Gasteiger partial charge in [0.25, 0.3) is 5.92 Å². The van der Waals surface area contributed by atoms with Gasteiger partial charge in [0.05, 0.1) is 11.1 Å². The number of aromatic carboxylic acids is 1. The minimum Gasteiger partial charge on any atom is -0.477 e. The maximum absolute atomic E-state index is 13.6. The third kappa shape index (κ3) is 3.98. The number of halogens is 5. The predicted octanol–water partition coefficient (Wildman–Crippen LogP) is 4.70. The minimum atomic E-state index is -4.55. The summed E-state index contributed by atoms with van der Waals surface area (Å²) in [5.41, 5.74) is -2.17. The van der Waals surface area contributed by atoms with Gasteiger partial charge in [-0.05, 0) is 36.4 Å². The second-order valence-electron chi connectivity index (χ2n) is 4.87. The van der Waals surface area contributed by atoms with Gasteiger partial charge >= 0.3 is 12.1 Å². The molecule has 1 N–H and O–H groups in total. The van der Waals surface area contributed by atoms with Crippen LogP contribution in [0.15, 0.2) is 36.4 Å². The molecule has 0 aliphatic rings. The summed E-state index contributed by atoms with van der Waals surface area (Å²) in [4.78, 5) is 14.4. The number of rotatable bonds is 4. The lowest BCUT2D eigenvalue weighted by atomic mass is 10.1. The molecule has 1 aromatic carbocycles. The molecule has 24 heavy (non-hydrogen) atoms. The molecule has 0 atom stereocenters. The number of carboxylic acid groups (broad SMARTS) is 1. The highest BCUT2D eigenvalue weighted by molar-refractivity contribution is 5.85. The normalized spacial score (nSPS) is 12.1. The van der Waals surface area contributed by atoms with Crippen molar-refractivity contribution >= 4 is 5.97 Å². The lowest BCUT2D eigenvalue weighted by Gasteiger charge is -2.16. The lowest BCUT2D eigenvalue weighted by Crippen LogP contribution is -2.12. The molecule has 1 aromatic heterocycles. The third-order valence-electron chi connectivity index (χ3n) is 2.95. The van der Waals surface area contributed by atoms with E-state index in [0.29, 0.717) is 19.1 Å². The number of hydrogen-bond donors (Lipinski definition) is 1. The average Bonchev–Trinajstić information content (AvgIpc) is 2.45. The topological polar surface area (TPSA) is 59.4 Å². The monoisotopic (exact) mass is 347 g/mol. The molecule has 0 aliphatic carbocycles. The van der Waals surface area contributed by atoms with Gasteiger partial charge in [-0.3, -0.25) is 0 Å². The van der Waals surface area contributed by atoms with Crippen molar-refractivity contribution in [1.82, 2.24) is 4.98 Å². The number of aromatic nitrogens is 1.